The molecule has 2 rings (SSSR count). The molecule has 0 saturated heterocycles. The van der Waals surface area contributed by atoms with Crippen molar-refractivity contribution in [1.29, 1.82) is 0 Å². The van der Waals surface area contributed by atoms with Gasteiger partial charge in [0.05, 0.1) is 22.2 Å². The summed E-state index contributed by atoms with van der Waals surface area (Å²) < 4.78 is 29.5. The minimum atomic E-state index is -3.28. The van der Waals surface area contributed by atoms with Crippen LogP contribution in [0.3, 0.4) is 0 Å². The van der Waals surface area contributed by atoms with E-state index in [1.54, 1.807) is 18.4 Å². The molecule has 19 heavy (non-hydrogen) atoms. The summed E-state index contributed by atoms with van der Waals surface area (Å²) >= 11 is 7.29. The number of rotatable bonds is 5. The lowest BCUT2D eigenvalue weighted by Crippen LogP contribution is -2.08. The number of sulfone groups is 1. The summed E-state index contributed by atoms with van der Waals surface area (Å²) in [6.07, 6.45) is 0.630. The molecule has 2 aromatic heterocycles. The minimum Gasteiger partial charge on any atom is -0.361 e. The fraction of sp³-hybridized carbons (Fsp3) is 0.417. The lowest BCUT2D eigenvalue weighted by atomic mass is 10.2. The van der Waals surface area contributed by atoms with Gasteiger partial charge in [-0.3, -0.25) is 0 Å². The molecule has 0 aliphatic rings. The van der Waals surface area contributed by atoms with Crippen molar-refractivity contribution in [2.24, 2.45) is 0 Å². The van der Waals surface area contributed by atoms with Crippen molar-refractivity contribution >= 4 is 32.8 Å². The van der Waals surface area contributed by atoms with Crippen molar-refractivity contribution in [3.63, 3.8) is 0 Å². The van der Waals surface area contributed by atoms with Gasteiger partial charge in [0.15, 0.2) is 9.84 Å². The average Bonchev–Trinajstić information content (AvgIpc) is 2.87. The summed E-state index contributed by atoms with van der Waals surface area (Å²) in [5.74, 6) is 0.537. The van der Waals surface area contributed by atoms with E-state index in [0.29, 0.717) is 33.3 Å². The monoisotopic (exact) mass is 319 g/mol. The van der Waals surface area contributed by atoms with Crippen LogP contribution in [-0.4, -0.2) is 13.6 Å². The molecule has 0 N–H and O–H groups in total. The van der Waals surface area contributed by atoms with Gasteiger partial charge < -0.3 is 4.52 Å². The molecule has 104 valence electrons. The summed E-state index contributed by atoms with van der Waals surface area (Å²) in [6, 6.07) is 1.71. The second-order valence-electron chi connectivity index (χ2n) is 4.25. The smallest absolute Gasteiger partial charge is 0.159 e. The molecule has 2 heterocycles. The van der Waals surface area contributed by atoms with Crippen LogP contribution < -0.4 is 0 Å². The number of aromatic nitrogens is 1. The highest BCUT2D eigenvalue weighted by Gasteiger charge is 2.21. The van der Waals surface area contributed by atoms with Crippen LogP contribution in [0.15, 0.2) is 16.0 Å². The van der Waals surface area contributed by atoms with Gasteiger partial charge in [-0.1, -0.05) is 23.7 Å². The second kappa shape index (κ2) is 5.64. The Hall–Kier alpha value is -0.850. The summed E-state index contributed by atoms with van der Waals surface area (Å²) in [7, 11) is -3.28. The fourth-order valence-electron chi connectivity index (χ4n) is 1.80. The van der Waals surface area contributed by atoms with E-state index < -0.39 is 9.84 Å². The van der Waals surface area contributed by atoms with Gasteiger partial charge in [-0.15, -0.1) is 11.3 Å². The van der Waals surface area contributed by atoms with Gasteiger partial charge in [-0.2, -0.15) is 0 Å². The molecule has 0 unspecified atom stereocenters. The quantitative estimate of drug-likeness (QED) is 0.847. The van der Waals surface area contributed by atoms with Crippen LogP contribution >= 0.6 is 22.9 Å². The third-order valence-corrected chi connectivity index (χ3v) is 5.82. The van der Waals surface area contributed by atoms with Crippen LogP contribution in [0.25, 0.3) is 0 Å². The minimum absolute atomic E-state index is 0.0444. The van der Waals surface area contributed by atoms with E-state index in [0.717, 1.165) is 0 Å². The highest BCUT2D eigenvalue weighted by Crippen LogP contribution is 2.26. The summed E-state index contributed by atoms with van der Waals surface area (Å²) in [5.41, 5.74) is 1.31. The van der Waals surface area contributed by atoms with Crippen molar-refractivity contribution in [1.82, 2.24) is 5.16 Å². The predicted molar refractivity (Wildman–Crippen MR) is 76.3 cm³/mol. The molecule has 0 saturated carbocycles. The molecule has 0 fully saturated rings. The Bertz CT molecular complexity index is 673. The first-order valence-corrected chi connectivity index (χ1v) is 8.87. The molecule has 0 amide bonds. The molecule has 0 aliphatic carbocycles. The van der Waals surface area contributed by atoms with E-state index in [4.69, 9.17) is 16.1 Å². The first-order valence-electron chi connectivity index (χ1n) is 5.79. The molecule has 2 aromatic rings. The Kier molecular flexibility index (Phi) is 4.32. The third-order valence-electron chi connectivity index (χ3n) is 2.79. The maximum Gasteiger partial charge on any atom is 0.159 e. The normalized spacial score (nSPS) is 11.9. The molecule has 0 aliphatic heterocycles. The van der Waals surface area contributed by atoms with Crippen molar-refractivity contribution in [3.8, 4) is 0 Å². The van der Waals surface area contributed by atoms with E-state index in [-0.39, 0.29) is 11.5 Å². The molecule has 0 atom stereocenters. The van der Waals surface area contributed by atoms with Crippen molar-refractivity contribution < 1.29 is 12.9 Å². The zero-order valence-electron chi connectivity index (χ0n) is 10.6. The molecule has 0 aromatic carbocycles. The van der Waals surface area contributed by atoms with E-state index in [1.165, 1.54) is 11.3 Å². The topological polar surface area (TPSA) is 60.2 Å². The number of thiophene rings is 1. The number of aryl methyl sites for hydroxylation is 2. The molecular weight excluding hydrogens is 306 g/mol. The van der Waals surface area contributed by atoms with Gasteiger partial charge in [-0.25, -0.2) is 8.42 Å². The van der Waals surface area contributed by atoms with Crippen LogP contribution in [0.4, 0.5) is 0 Å². The van der Waals surface area contributed by atoms with Gasteiger partial charge in [0, 0.05) is 16.9 Å². The maximum atomic E-state index is 12.2. The Morgan fingerprint density at radius 1 is 1.42 bits per heavy atom. The van der Waals surface area contributed by atoms with Crippen LogP contribution in [0.2, 0.25) is 5.02 Å². The first kappa shape index (κ1) is 14.6. The highest BCUT2D eigenvalue weighted by atomic mass is 35.5. The SMILES string of the molecule is CCc1onc(C)c1CS(=O)(=O)Cc1sccc1Cl. The van der Waals surface area contributed by atoms with Gasteiger partial charge >= 0.3 is 0 Å². The molecule has 0 radical (unpaired) electrons. The zero-order valence-corrected chi connectivity index (χ0v) is 13.0. The van der Waals surface area contributed by atoms with Crippen molar-refractivity contribution in [2.45, 2.75) is 31.8 Å². The van der Waals surface area contributed by atoms with Gasteiger partial charge in [0.1, 0.15) is 5.76 Å². The zero-order chi connectivity index (χ0) is 14.0. The molecule has 0 bridgehead atoms. The Morgan fingerprint density at radius 3 is 2.74 bits per heavy atom. The molecular formula is C12H14ClNO3S2. The molecule has 0 spiro atoms. The largest absolute Gasteiger partial charge is 0.361 e. The highest BCUT2D eigenvalue weighted by molar-refractivity contribution is 7.90. The Balaban J connectivity index is 2.22. The standard InChI is InChI=1S/C12H14ClNO3S2/c1-3-11-9(8(2)14-17-11)6-19(15,16)7-12-10(13)4-5-18-12/h4-5H,3,6-7H2,1-2H3. The Morgan fingerprint density at radius 2 is 2.16 bits per heavy atom. The number of hydrogen-bond donors (Lipinski definition) is 0. The van der Waals surface area contributed by atoms with Crippen molar-refractivity contribution in [3.05, 3.63) is 38.4 Å². The third kappa shape index (κ3) is 3.38. The van der Waals surface area contributed by atoms with Crippen molar-refractivity contribution in [2.75, 3.05) is 0 Å². The summed E-state index contributed by atoms with van der Waals surface area (Å²) in [6.45, 7) is 3.66. The van der Waals surface area contributed by atoms with Crippen LogP contribution in [0.5, 0.6) is 0 Å². The lowest BCUT2D eigenvalue weighted by Gasteiger charge is -2.04. The van der Waals surface area contributed by atoms with Gasteiger partial charge in [-0.05, 0) is 18.4 Å². The predicted octanol–water partition coefficient (Wildman–Crippen LogP) is 3.38. The fourth-order valence-corrected chi connectivity index (χ4v) is 5.04. The number of halogens is 1. The molecule has 4 nitrogen and oxygen atoms in total. The van der Waals surface area contributed by atoms with E-state index >= 15 is 0 Å². The summed E-state index contributed by atoms with van der Waals surface area (Å²) in [5, 5.41) is 6.12. The van der Waals surface area contributed by atoms with Crippen LogP contribution in [0.1, 0.15) is 28.8 Å². The van der Waals surface area contributed by atoms with Crippen LogP contribution in [-0.2, 0) is 27.8 Å². The van der Waals surface area contributed by atoms with E-state index in [2.05, 4.69) is 5.16 Å². The second-order valence-corrected chi connectivity index (χ2v) is 7.72. The lowest BCUT2D eigenvalue weighted by molar-refractivity contribution is 0.382. The Labute approximate surface area is 121 Å². The number of hydrogen-bond acceptors (Lipinski definition) is 5. The van der Waals surface area contributed by atoms with E-state index in [1.807, 2.05) is 6.92 Å². The summed E-state index contributed by atoms with van der Waals surface area (Å²) in [4.78, 5) is 0.675. The number of nitrogens with zero attached hydrogens (tertiary/aromatic N) is 1. The van der Waals surface area contributed by atoms with Crippen LogP contribution in [0, 0.1) is 6.92 Å². The average molecular weight is 320 g/mol. The molecule has 7 heteroatoms. The van der Waals surface area contributed by atoms with Gasteiger partial charge in [0.2, 0.25) is 0 Å². The first-order chi connectivity index (χ1) is 8.93. The maximum absolute atomic E-state index is 12.2. The van der Waals surface area contributed by atoms with Gasteiger partial charge in [0.25, 0.3) is 0 Å². The van der Waals surface area contributed by atoms with E-state index in [9.17, 15) is 8.42 Å².